The van der Waals surface area contributed by atoms with Crippen LogP contribution in [0.1, 0.15) is 32.6 Å². The maximum atomic E-state index is 13.0. The molecule has 0 aromatic heterocycles. The molecule has 3 nitrogen and oxygen atoms in total. The molecule has 1 amide bonds. The fraction of sp³-hybridized carbons (Fsp3) is 0.533. The molecule has 1 aliphatic rings. The second kappa shape index (κ2) is 6.66. The summed E-state index contributed by atoms with van der Waals surface area (Å²) in [6, 6.07) is 6.51. The zero-order valence-corrected chi connectivity index (χ0v) is 11.4. The number of halogens is 1. The summed E-state index contributed by atoms with van der Waals surface area (Å²) >= 11 is 0. The first-order valence-corrected chi connectivity index (χ1v) is 6.98. The van der Waals surface area contributed by atoms with Gasteiger partial charge in [-0.05, 0) is 44.0 Å². The van der Waals surface area contributed by atoms with E-state index in [2.05, 4.69) is 17.1 Å². The lowest BCUT2D eigenvalue weighted by Crippen LogP contribution is -2.43. The molecule has 0 bridgehead atoms. The number of rotatable bonds is 4. The Morgan fingerprint density at radius 3 is 3.05 bits per heavy atom. The highest BCUT2D eigenvalue weighted by molar-refractivity contribution is 5.92. The van der Waals surface area contributed by atoms with Gasteiger partial charge in [0.05, 0.1) is 6.54 Å². The first kappa shape index (κ1) is 14.0. The van der Waals surface area contributed by atoms with Crippen molar-refractivity contribution in [2.45, 2.75) is 38.6 Å². The fourth-order valence-electron chi connectivity index (χ4n) is 2.68. The van der Waals surface area contributed by atoms with E-state index in [1.807, 2.05) is 0 Å². The Hall–Kier alpha value is -1.42. The van der Waals surface area contributed by atoms with Crippen LogP contribution >= 0.6 is 0 Å². The Balaban J connectivity index is 1.90. The molecule has 1 unspecified atom stereocenters. The molecule has 0 radical (unpaired) electrons. The summed E-state index contributed by atoms with van der Waals surface area (Å²) in [7, 11) is 0. The molecule has 0 spiro atoms. The van der Waals surface area contributed by atoms with Gasteiger partial charge in [0.25, 0.3) is 0 Å². The number of hydrogen-bond acceptors (Lipinski definition) is 2. The summed E-state index contributed by atoms with van der Waals surface area (Å²) in [5.74, 6) is -0.395. The molecule has 1 heterocycles. The van der Waals surface area contributed by atoms with Crippen LogP contribution in [0.15, 0.2) is 24.3 Å². The van der Waals surface area contributed by atoms with E-state index in [-0.39, 0.29) is 11.7 Å². The number of amides is 1. The van der Waals surface area contributed by atoms with Gasteiger partial charge in [-0.25, -0.2) is 4.39 Å². The normalized spacial score (nSPS) is 20.2. The Kier molecular flexibility index (Phi) is 4.91. The van der Waals surface area contributed by atoms with Crippen LogP contribution < -0.4 is 5.32 Å². The highest BCUT2D eigenvalue weighted by Gasteiger charge is 2.22. The molecule has 1 atom stereocenters. The number of nitrogens with one attached hydrogen (secondary N) is 1. The van der Waals surface area contributed by atoms with E-state index < -0.39 is 0 Å². The zero-order chi connectivity index (χ0) is 13.7. The third-order valence-corrected chi connectivity index (χ3v) is 3.68. The van der Waals surface area contributed by atoms with Crippen molar-refractivity contribution >= 4 is 11.6 Å². The van der Waals surface area contributed by atoms with Crippen molar-refractivity contribution in [2.24, 2.45) is 0 Å². The lowest BCUT2D eigenvalue weighted by molar-refractivity contribution is -0.118. The summed E-state index contributed by atoms with van der Waals surface area (Å²) in [4.78, 5) is 14.2. The van der Waals surface area contributed by atoms with Gasteiger partial charge in [-0.2, -0.15) is 0 Å². The fourth-order valence-corrected chi connectivity index (χ4v) is 2.68. The van der Waals surface area contributed by atoms with Gasteiger partial charge in [-0.15, -0.1) is 0 Å². The number of carbonyl (C=O) groups excluding carboxylic acids is 1. The van der Waals surface area contributed by atoms with Crippen LogP contribution in [0.2, 0.25) is 0 Å². The zero-order valence-electron chi connectivity index (χ0n) is 11.4. The van der Waals surface area contributed by atoms with Crippen molar-refractivity contribution in [3.63, 3.8) is 0 Å². The highest BCUT2D eigenvalue weighted by atomic mass is 19.1. The SMILES string of the molecule is CCC1CCCCN1CC(=O)Nc1cccc(F)c1. The van der Waals surface area contributed by atoms with Gasteiger partial charge in [-0.3, -0.25) is 9.69 Å². The lowest BCUT2D eigenvalue weighted by atomic mass is 10.00. The number of benzene rings is 1. The minimum absolute atomic E-state index is 0.0639. The van der Waals surface area contributed by atoms with E-state index >= 15 is 0 Å². The van der Waals surface area contributed by atoms with Crippen LogP contribution in [0.4, 0.5) is 10.1 Å². The molecule has 1 aromatic carbocycles. The smallest absolute Gasteiger partial charge is 0.238 e. The summed E-state index contributed by atoms with van der Waals surface area (Å²) < 4.78 is 13.0. The standard InChI is InChI=1S/C15H21FN2O/c1-2-14-8-3-4-9-18(14)11-15(19)17-13-7-5-6-12(16)10-13/h5-7,10,14H,2-4,8-9,11H2,1H3,(H,17,19). The Bertz CT molecular complexity index is 436. The van der Waals surface area contributed by atoms with Gasteiger partial charge in [0.1, 0.15) is 5.82 Å². The first-order chi connectivity index (χ1) is 9.19. The quantitative estimate of drug-likeness (QED) is 0.906. The molecular weight excluding hydrogens is 243 g/mol. The number of piperidine rings is 1. The number of carbonyl (C=O) groups is 1. The largest absolute Gasteiger partial charge is 0.325 e. The molecule has 1 fully saturated rings. The topological polar surface area (TPSA) is 32.3 Å². The molecule has 1 aromatic rings. The molecule has 104 valence electrons. The molecule has 1 N–H and O–H groups in total. The highest BCUT2D eigenvalue weighted by Crippen LogP contribution is 2.19. The molecule has 1 saturated heterocycles. The van der Waals surface area contributed by atoms with Crippen molar-refractivity contribution in [3.05, 3.63) is 30.1 Å². The number of likely N-dealkylation sites (tertiary alicyclic amines) is 1. The summed E-state index contributed by atoms with van der Waals surface area (Å²) in [6.45, 7) is 3.54. The summed E-state index contributed by atoms with van der Waals surface area (Å²) in [5.41, 5.74) is 0.523. The molecular formula is C15H21FN2O. The van der Waals surface area contributed by atoms with Gasteiger partial charge in [0.15, 0.2) is 0 Å². The third-order valence-electron chi connectivity index (χ3n) is 3.68. The first-order valence-electron chi connectivity index (χ1n) is 6.98. The van der Waals surface area contributed by atoms with Crippen molar-refractivity contribution in [1.82, 2.24) is 4.90 Å². The van der Waals surface area contributed by atoms with Crippen LogP contribution in [-0.2, 0) is 4.79 Å². The van der Waals surface area contributed by atoms with E-state index in [0.717, 1.165) is 19.4 Å². The van der Waals surface area contributed by atoms with Crippen LogP contribution in [-0.4, -0.2) is 29.9 Å². The molecule has 1 aliphatic heterocycles. The minimum atomic E-state index is -0.331. The van der Waals surface area contributed by atoms with Gasteiger partial charge in [0.2, 0.25) is 5.91 Å². The maximum absolute atomic E-state index is 13.0. The van der Waals surface area contributed by atoms with E-state index in [9.17, 15) is 9.18 Å². The third kappa shape index (κ3) is 4.03. The number of hydrogen-bond donors (Lipinski definition) is 1. The van der Waals surface area contributed by atoms with Crippen LogP contribution in [0.25, 0.3) is 0 Å². The summed E-state index contributed by atoms with van der Waals surface area (Å²) in [5, 5.41) is 2.75. The Labute approximate surface area is 113 Å². The van der Waals surface area contributed by atoms with Gasteiger partial charge in [-0.1, -0.05) is 19.4 Å². The average Bonchev–Trinajstić information content (AvgIpc) is 2.39. The van der Waals surface area contributed by atoms with E-state index in [0.29, 0.717) is 18.3 Å². The van der Waals surface area contributed by atoms with E-state index in [4.69, 9.17) is 0 Å². The van der Waals surface area contributed by atoms with E-state index in [1.54, 1.807) is 12.1 Å². The second-order valence-corrected chi connectivity index (χ2v) is 5.09. The van der Waals surface area contributed by atoms with Gasteiger partial charge in [0, 0.05) is 11.7 Å². The van der Waals surface area contributed by atoms with Crippen LogP contribution in [0, 0.1) is 5.82 Å². The molecule has 4 heteroatoms. The Morgan fingerprint density at radius 1 is 1.47 bits per heavy atom. The minimum Gasteiger partial charge on any atom is -0.325 e. The van der Waals surface area contributed by atoms with Crippen molar-refractivity contribution in [2.75, 3.05) is 18.4 Å². The molecule has 2 rings (SSSR count). The van der Waals surface area contributed by atoms with Crippen molar-refractivity contribution in [3.8, 4) is 0 Å². The lowest BCUT2D eigenvalue weighted by Gasteiger charge is -2.34. The maximum Gasteiger partial charge on any atom is 0.238 e. The van der Waals surface area contributed by atoms with Crippen LogP contribution in [0.5, 0.6) is 0 Å². The number of nitrogens with zero attached hydrogens (tertiary/aromatic N) is 1. The number of anilines is 1. The predicted molar refractivity (Wildman–Crippen MR) is 74.5 cm³/mol. The second-order valence-electron chi connectivity index (χ2n) is 5.09. The molecule has 0 aliphatic carbocycles. The average molecular weight is 264 g/mol. The predicted octanol–water partition coefficient (Wildman–Crippen LogP) is 3.03. The molecule has 0 saturated carbocycles. The Morgan fingerprint density at radius 2 is 2.32 bits per heavy atom. The monoisotopic (exact) mass is 264 g/mol. The summed E-state index contributed by atoms with van der Waals surface area (Å²) in [6.07, 6.45) is 4.65. The van der Waals surface area contributed by atoms with E-state index in [1.165, 1.54) is 25.0 Å². The van der Waals surface area contributed by atoms with Crippen LogP contribution in [0.3, 0.4) is 0 Å². The van der Waals surface area contributed by atoms with Crippen molar-refractivity contribution in [1.29, 1.82) is 0 Å². The molecule has 19 heavy (non-hydrogen) atoms. The van der Waals surface area contributed by atoms with Gasteiger partial charge >= 0.3 is 0 Å². The van der Waals surface area contributed by atoms with Crippen molar-refractivity contribution < 1.29 is 9.18 Å². The van der Waals surface area contributed by atoms with Gasteiger partial charge < -0.3 is 5.32 Å².